The van der Waals surface area contributed by atoms with E-state index in [1.807, 2.05) is 6.07 Å². The van der Waals surface area contributed by atoms with E-state index in [9.17, 15) is 4.79 Å². The molecule has 2 N–H and O–H groups in total. The van der Waals surface area contributed by atoms with E-state index in [1.54, 1.807) is 19.2 Å². The lowest BCUT2D eigenvalue weighted by atomic mass is 10.1. The van der Waals surface area contributed by atoms with Gasteiger partial charge in [-0.3, -0.25) is 9.78 Å². The first-order valence-corrected chi connectivity index (χ1v) is 6.37. The number of carbonyl (C=O) groups excluding carboxylic acids is 1. The lowest BCUT2D eigenvalue weighted by Crippen LogP contribution is -2.33. The van der Waals surface area contributed by atoms with Gasteiger partial charge >= 0.3 is 0 Å². The number of primary amides is 1. The van der Waals surface area contributed by atoms with Gasteiger partial charge in [0.15, 0.2) is 0 Å². The predicted octanol–water partition coefficient (Wildman–Crippen LogP) is 1.97. The first kappa shape index (κ1) is 12.4. The molecule has 5 heteroatoms. The molecule has 1 aromatic rings. The molecule has 17 heavy (non-hydrogen) atoms. The summed E-state index contributed by atoms with van der Waals surface area (Å²) in [6, 6.07) is 3.56. The van der Waals surface area contributed by atoms with E-state index in [4.69, 9.17) is 10.5 Å². The minimum absolute atomic E-state index is 0.461. The third-order valence-corrected chi connectivity index (χ3v) is 3.66. The lowest BCUT2D eigenvalue weighted by molar-refractivity contribution is -0.120. The van der Waals surface area contributed by atoms with Gasteiger partial charge in [-0.05, 0) is 37.8 Å². The molecular formula is C12H15BrN2O2. The summed E-state index contributed by atoms with van der Waals surface area (Å²) in [6.07, 6.45) is 4.14. The first-order chi connectivity index (χ1) is 8.00. The van der Waals surface area contributed by atoms with Crippen LogP contribution in [0.4, 0.5) is 0 Å². The van der Waals surface area contributed by atoms with Gasteiger partial charge in [0, 0.05) is 0 Å². The van der Waals surface area contributed by atoms with Crippen LogP contribution in [0.3, 0.4) is 0 Å². The summed E-state index contributed by atoms with van der Waals surface area (Å²) in [5, 5.41) is 0. The van der Waals surface area contributed by atoms with Crippen molar-refractivity contribution in [1.82, 2.24) is 4.98 Å². The van der Waals surface area contributed by atoms with Crippen LogP contribution < -0.4 is 10.5 Å². The Kier molecular flexibility index (Phi) is 3.38. The van der Waals surface area contributed by atoms with Crippen molar-refractivity contribution < 1.29 is 9.53 Å². The summed E-state index contributed by atoms with van der Waals surface area (Å²) >= 11 is 3.27. The van der Waals surface area contributed by atoms with Crippen molar-refractivity contribution >= 4 is 21.8 Å². The van der Waals surface area contributed by atoms with E-state index >= 15 is 0 Å². The molecule has 1 heterocycles. The topological polar surface area (TPSA) is 65.2 Å². The minimum Gasteiger partial charge on any atom is -0.492 e. The molecule has 4 nitrogen and oxygen atoms in total. The van der Waals surface area contributed by atoms with Gasteiger partial charge in [-0.15, -0.1) is 0 Å². The van der Waals surface area contributed by atoms with Gasteiger partial charge in [0.2, 0.25) is 5.91 Å². The predicted molar refractivity (Wildman–Crippen MR) is 67.9 cm³/mol. The normalized spacial score (nSPS) is 18.5. The molecule has 1 amide bonds. The van der Waals surface area contributed by atoms with Crippen LogP contribution >= 0.6 is 15.9 Å². The number of aromatic nitrogens is 1. The Morgan fingerprint density at radius 1 is 1.65 bits per heavy atom. The van der Waals surface area contributed by atoms with Crippen molar-refractivity contribution in [2.75, 3.05) is 6.61 Å². The summed E-state index contributed by atoms with van der Waals surface area (Å²) in [6.45, 7) is 2.44. The Balaban J connectivity index is 2.03. The van der Waals surface area contributed by atoms with E-state index in [-0.39, 0.29) is 0 Å². The first-order valence-electron chi connectivity index (χ1n) is 5.58. The zero-order chi connectivity index (χ0) is 12.5. The van der Waals surface area contributed by atoms with Crippen LogP contribution in [-0.4, -0.2) is 17.5 Å². The van der Waals surface area contributed by atoms with Crippen LogP contribution in [0.1, 0.15) is 25.5 Å². The molecule has 2 rings (SSSR count). The van der Waals surface area contributed by atoms with E-state index in [1.165, 1.54) is 12.8 Å². The second-order valence-corrected chi connectivity index (χ2v) is 6.09. The molecule has 0 spiro atoms. The van der Waals surface area contributed by atoms with Crippen LogP contribution in [-0.2, 0) is 9.12 Å². The average Bonchev–Trinajstić information content (AvgIpc) is 3.10. The molecule has 0 aromatic carbocycles. The van der Waals surface area contributed by atoms with Crippen molar-refractivity contribution in [3.05, 3.63) is 24.0 Å². The number of hydrogen-bond donors (Lipinski definition) is 1. The second-order valence-electron chi connectivity index (χ2n) is 4.50. The number of alkyl halides is 1. The summed E-state index contributed by atoms with van der Waals surface area (Å²) < 4.78 is 4.64. The van der Waals surface area contributed by atoms with Crippen molar-refractivity contribution in [3.8, 4) is 5.75 Å². The maximum Gasteiger partial charge on any atom is 0.240 e. The Morgan fingerprint density at radius 3 is 2.82 bits per heavy atom. The minimum atomic E-state index is -0.929. The molecule has 0 aliphatic heterocycles. The number of rotatable bonds is 5. The third kappa shape index (κ3) is 2.97. The number of ether oxygens (including phenoxy) is 1. The number of amides is 1. The Hall–Kier alpha value is -1.10. The second kappa shape index (κ2) is 4.64. The molecule has 1 saturated carbocycles. The fourth-order valence-electron chi connectivity index (χ4n) is 1.37. The molecule has 1 fully saturated rings. The Morgan fingerprint density at radius 2 is 2.35 bits per heavy atom. The van der Waals surface area contributed by atoms with Gasteiger partial charge in [-0.25, -0.2) is 0 Å². The summed E-state index contributed by atoms with van der Waals surface area (Å²) in [4.78, 5) is 15.4. The van der Waals surface area contributed by atoms with Crippen molar-refractivity contribution in [2.24, 2.45) is 11.7 Å². The van der Waals surface area contributed by atoms with Gasteiger partial charge in [-0.2, -0.15) is 0 Å². The van der Waals surface area contributed by atoms with Crippen LogP contribution in [0.5, 0.6) is 5.75 Å². The van der Waals surface area contributed by atoms with Gasteiger partial charge in [0.25, 0.3) is 0 Å². The SMILES string of the molecule is CC(Br)(C(N)=O)c1ccc(OCC2CC2)cn1. The number of nitrogens with zero attached hydrogens (tertiary/aromatic N) is 1. The summed E-state index contributed by atoms with van der Waals surface area (Å²) in [7, 11) is 0. The highest BCUT2D eigenvalue weighted by Crippen LogP contribution is 2.31. The van der Waals surface area contributed by atoms with Crippen LogP contribution in [0.2, 0.25) is 0 Å². The fourth-order valence-corrected chi connectivity index (χ4v) is 1.60. The number of carbonyl (C=O) groups is 1. The maximum atomic E-state index is 11.2. The number of halogens is 1. The summed E-state index contributed by atoms with van der Waals surface area (Å²) in [5.74, 6) is 0.979. The lowest BCUT2D eigenvalue weighted by Gasteiger charge is -2.17. The van der Waals surface area contributed by atoms with Crippen LogP contribution in [0.25, 0.3) is 0 Å². The highest BCUT2D eigenvalue weighted by Gasteiger charge is 2.31. The van der Waals surface area contributed by atoms with Crippen molar-refractivity contribution in [2.45, 2.75) is 24.1 Å². The maximum absolute atomic E-state index is 11.2. The van der Waals surface area contributed by atoms with Crippen LogP contribution in [0.15, 0.2) is 18.3 Å². The molecule has 1 unspecified atom stereocenters. The van der Waals surface area contributed by atoms with Gasteiger partial charge in [-0.1, -0.05) is 15.9 Å². The number of pyridine rings is 1. The zero-order valence-electron chi connectivity index (χ0n) is 9.65. The summed E-state index contributed by atoms with van der Waals surface area (Å²) in [5.41, 5.74) is 5.88. The third-order valence-electron chi connectivity index (χ3n) is 2.86. The molecule has 1 aliphatic rings. The largest absolute Gasteiger partial charge is 0.492 e. The standard InChI is InChI=1S/C12H15BrN2O2/c1-12(13,11(14)16)10-5-4-9(6-15-10)17-7-8-2-3-8/h4-6,8H,2-3,7H2,1H3,(H2,14,16). The highest BCUT2D eigenvalue weighted by atomic mass is 79.9. The molecule has 92 valence electrons. The molecule has 1 atom stereocenters. The van der Waals surface area contributed by atoms with Gasteiger partial charge in [0.1, 0.15) is 10.1 Å². The molecular weight excluding hydrogens is 284 g/mol. The van der Waals surface area contributed by atoms with Crippen molar-refractivity contribution in [1.29, 1.82) is 0 Å². The van der Waals surface area contributed by atoms with E-state index < -0.39 is 10.2 Å². The fraction of sp³-hybridized carbons (Fsp3) is 0.500. The quantitative estimate of drug-likeness (QED) is 0.845. The Bertz CT molecular complexity index is 413. The average molecular weight is 299 g/mol. The van der Waals surface area contributed by atoms with E-state index in [0.717, 1.165) is 12.4 Å². The van der Waals surface area contributed by atoms with E-state index in [0.29, 0.717) is 11.6 Å². The molecule has 0 radical (unpaired) electrons. The van der Waals surface area contributed by atoms with Crippen molar-refractivity contribution in [3.63, 3.8) is 0 Å². The molecule has 1 aliphatic carbocycles. The number of hydrogen-bond acceptors (Lipinski definition) is 3. The molecule has 0 saturated heterocycles. The molecule has 1 aromatic heterocycles. The monoisotopic (exact) mass is 298 g/mol. The highest BCUT2D eigenvalue weighted by molar-refractivity contribution is 9.10. The van der Waals surface area contributed by atoms with Crippen LogP contribution in [0, 0.1) is 5.92 Å². The Labute approximate surface area is 109 Å². The molecule has 0 bridgehead atoms. The smallest absolute Gasteiger partial charge is 0.240 e. The number of nitrogens with two attached hydrogens (primary N) is 1. The van der Waals surface area contributed by atoms with Gasteiger partial charge in [0.05, 0.1) is 18.5 Å². The zero-order valence-corrected chi connectivity index (χ0v) is 11.2. The van der Waals surface area contributed by atoms with Gasteiger partial charge < -0.3 is 10.5 Å². The van der Waals surface area contributed by atoms with E-state index in [2.05, 4.69) is 20.9 Å².